The molecule has 0 aromatic rings. The normalized spacial score (nSPS) is 14.6. The molecule has 1 atom stereocenters. The van der Waals surface area contributed by atoms with Gasteiger partial charge in [0.1, 0.15) is 5.60 Å². The van der Waals surface area contributed by atoms with Crippen molar-refractivity contribution in [1.82, 2.24) is 5.32 Å². The molecule has 1 amide bonds. The van der Waals surface area contributed by atoms with Crippen molar-refractivity contribution in [3.63, 3.8) is 0 Å². The van der Waals surface area contributed by atoms with Gasteiger partial charge >= 0.3 is 13.7 Å². The Morgan fingerprint density at radius 3 is 2.18 bits per heavy atom. The lowest BCUT2D eigenvalue weighted by molar-refractivity contribution is 0.0497. The maximum atomic E-state index is 14.1. The van der Waals surface area contributed by atoms with E-state index in [0.717, 1.165) is 6.08 Å². The predicted molar refractivity (Wildman–Crippen MR) is 80.3 cm³/mol. The molecule has 7 nitrogen and oxygen atoms in total. The average molecular weight is 341 g/mol. The molecule has 0 rings (SSSR count). The van der Waals surface area contributed by atoms with Gasteiger partial charge in [-0.05, 0) is 40.7 Å². The van der Waals surface area contributed by atoms with Crippen LogP contribution in [0.15, 0.2) is 11.6 Å². The van der Waals surface area contributed by atoms with Gasteiger partial charge in [-0.2, -0.15) is 4.39 Å². The van der Waals surface area contributed by atoms with E-state index in [1.54, 1.807) is 34.6 Å². The summed E-state index contributed by atoms with van der Waals surface area (Å²) in [6.07, 6.45) is -0.0472. The lowest BCUT2D eigenvalue weighted by atomic mass is 10.2. The molecule has 0 aliphatic rings. The van der Waals surface area contributed by atoms with Crippen LogP contribution < -0.4 is 5.32 Å². The van der Waals surface area contributed by atoms with Crippen molar-refractivity contribution in [2.75, 3.05) is 19.8 Å². The number of rotatable bonds is 8. The van der Waals surface area contributed by atoms with Gasteiger partial charge in [0.25, 0.3) is 0 Å². The van der Waals surface area contributed by atoms with E-state index in [9.17, 15) is 18.9 Å². The standard InChI is InChI=1S/C13H25FNO6P/c1-6-19-22(18,20-7-2)11(14)8-10(9-16)15-12(17)21-13(3,4)5/h8,10,16H,6-7,9H2,1-5H3,(H,15,17). The van der Waals surface area contributed by atoms with Crippen LogP contribution in [-0.2, 0) is 18.3 Å². The Morgan fingerprint density at radius 2 is 1.82 bits per heavy atom. The largest absolute Gasteiger partial charge is 0.444 e. The summed E-state index contributed by atoms with van der Waals surface area (Å²) in [6, 6.07) is -1.12. The third-order valence-electron chi connectivity index (χ3n) is 2.10. The Bertz CT molecular complexity index is 425. The number of aliphatic hydroxyl groups excluding tert-OH is 1. The minimum atomic E-state index is -4.07. The highest BCUT2D eigenvalue weighted by atomic mass is 31.2. The SMILES string of the molecule is CCOP(=O)(OCC)C(F)=CC(CO)NC(=O)OC(C)(C)C. The van der Waals surface area contributed by atoms with Crippen molar-refractivity contribution in [1.29, 1.82) is 0 Å². The Kier molecular flexibility index (Phi) is 8.85. The molecule has 0 aliphatic carbocycles. The Morgan fingerprint density at radius 1 is 1.32 bits per heavy atom. The van der Waals surface area contributed by atoms with Gasteiger partial charge in [-0.15, -0.1) is 0 Å². The van der Waals surface area contributed by atoms with E-state index in [1.807, 2.05) is 0 Å². The number of alkyl carbamates (subject to hydrolysis) is 1. The summed E-state index contributed by atoms with van der Waals surface area (Å²) >= 11 is 0. The highest BCUT2D eigenvalue weighted by Gasteiger charge is 2.31. The number of hydrogen-bond donors (Lipinski definition) is 2. The molecular formula is C13H25FNO6P. The lowest BCUT2D eigenvalue weighted by Gasteiger charge is -2.22. The van der Waals surface area contributed by atoms with Crippen LogP contribution in [0.3, 0.4) is 0 Å². The molecule has 0 aromatic carbocycles. The fourth-order valence-corrected chi connectivity index (χ4v) is 2.72. The zero-order valence-corrected chi connectivity index (χ0v) is 14.5. The van der Waals surface area contributed by atoms with E-state index in [2.05, 4.69) is 5.32 Å². The fourth-order valence-electron chi connectivity index (χ4n) is 1.36. The summed E-state index contributed by atoms with van der Waals surface area (Å²) < 4.78 is 40.9. The van der Waals surface area contributed by atoms with Crippen LogP contribution in [0.1, 0.15) is 34.6 Å². The zero-order valence-electron chi connectivity index (χ0n) is 13.6. The summed E-state index contributed by atoms with van der Waals surface area (Å²) in [4.78, 5) is 11.6. The van der Waals surface area contributed by atoms with Crippen molar-refractivity contribution < 1.29 is 32.6 Å². The van der Waals surface area contributed by atoms with Crippen LogP contribution in [-0.4, -0.2) is 42.7 Å². The first kappa shape index (κ1) is 21.0. The number of carbonyl (C=O) groups is 1. The first-order valence-corrected chi connectivity index (χ1v) is 8.49. The van der Waals surface area contributed by atoms with Gasteiger partial charge in [0, 0.05) is 0 Å². The topological polar surface area (TPSA) is 94.1 Å². The molecule has 0 spiro atoms. The van der Waals surface area contributed by atoms with Gasteiger partial charge in [0.2, 0.25) is 5.57 Å². The van der Waals surface area contributed by atoms with E-state index in [0.29, 0.717) is 0 Å². The molecule has 0 saturated carbocycles. The lowest BCUT2D eigenvalue weighted by Crippen LogP contribution is -2.40. The van der Waals surface area contributed by atoms with Gasteiger partial charge in [-0.1, -0.05) is 0 Å². The summed E-state index contributed by atoms with van der Waals surface area (Å²) in [5.74, 6) is 0. The van der Waals surface area contributed by atoms with E-state index < -0.39 is 37.5 Å². The van der Waals surface area contributed by atoms with Crippen LogP contribution in [0.25, 0.3) is 0 Å². The third kappa shape index (κ3) is 7.89. The minimum Gasteiger partial charge on any atom is -0.444 e. The Balaban J connectivity index is 5.01. The fraction of sp³-hybridized carbons (Fsp3) is 0.769. The quantitative estimate of drug-likeness (QED) is 0.659. The predicted octanol–water partition coefficient (Wildman–Crippen LogP) is 2.95. The summed E-state index contributed by atoms with van der Waals surface area (Å²) in [5.41, 5.74) is -1.91. The number of halogens is 1. The summed E-state index contributed by atoms with van der Waals surface area (Å²) in [5, 5.41) is 11.4. The second-order valence-electron chi connectivity index (χ2n) is 5.26. The van der Waals surface area contributed by atoms with E-state index in [-0.39, 0.29) is 13.2 Å². The third-order valence-corrected chi connectivity index (χ3v) is 3.97. The van der Waals surface area contributed by atoms with Gasteiger partial charge in [0.15, 0.2) is 0 Å². The second kappa shape index (κ2) is 9.25. The van der Waals surface area contributed by atoms with Gasteiger partial charge < -0.3 is 24.2 Å². The van der Waals surface area contributed by atoms with E-state index in [4.69, 9.17) is 13.8 Å². The number of amides is 1. The second-order valence-corrected chi connectivity index (χ2v) is 7.20. The van der Waals surface area contributed by atoms with Gasteiger partial charge in [-0.25, -0.2) is 4.79 Å². The first-order chi connectivity index (χ1) is 10.1. The van der Waals surface area contributed by atoms with Gasteiger partial charge in [-0.3, -0.25) is 4.57 Å². The molecule has 0 heterocycles. The maximum Gasteiger partial charge on any atom is 0.408 e. The number of ether oxygens (including phenoxy) is 1. The molecule has 0 aromatic heterocycles. The van der Waals surface area contributed by atoms with Crippen LogP contribution in [0, 0.1) is 0 Å². The molecule has 9 heteroatoms. The molecule has 0 bridgehead atoms. The molecule has 0 saturated heterocycles. The minimum absolute atomic E-state index is 0.0121. The van der Waals surface area contributed by atoms with Crippen LogP contribution >= 0.6 is 7.60 Å². The number of aliphatic hydroxyl groups is 1. The smallest absolute Gasteiger partial charge is 0.408 e. The number of nitrogens with one attached hydrogen (secondary N) is 1. The average Bonchev–Trinajstić information content (AvgIpc) is 2.36. The number of carbonyl (C=O) groups excluding carboxylic acids is 1. The Labute approximate surface area is 130 Å². The van der Waals surface area contributed by atoms with Crippen molar-refractivity contribution in [2.45, 2.75) is 46.3 Å². The van der Waals surface area contributed by atoms with Crippen LogP contribution in [0.2, 0.25) is 0 Å². The van der Waals surface area contributed by atoms with Crippen molar-refractivity contribution in [3.8, 4) is 0 Å². The van der Waals surface area contributed by atoms with E-state index >= 15 is 0 Å². The molecule has 2 N–H and O–H groups in total. The molecule has 130 valence electrons. The molecular weight excluding hydrogens is 316 g/mol. The highest BCUT2D eigenvalue weighted by molar-refractivity contribution is 7.58. The Hall–Kier alpha value is -0.950. The van der Waals surface area contributed by atoms with Crippen LogP contribution in [0.4, 0.5) is 9.18 Å². The summed E-state index contributed by atoms with van der Waals surface area (Å²) in [7, 11) is -4.07. The maximum absolute atomic E-state index is 14.1. The first-order valence-electron chi connectivity index (χ1n) is 6.95. The van der Waals surface area contributed by atoms with E-state index in [1.165, 1.54) is 0 Å². The molecule has 22 heavy (non-hydrogen) atoms. The number of hydrogen-bond acceptors (Lipinski definition) is 6. The zero-order chi connectivity index (χ0) is 17.4. The summed E-state index contributed by atoms with van der Waals surface area (Å²) in [6.45, 7) is 7.44. The van der Waals surface area contributed by atoms with Crippen molar-refractivity contribution in [2.24, 2.45) is 0 Å². The van der Waals surface area contributed by atoms with Gasteiger partial charge in [0.05, 0.1) is 25.9 Å². The highest BCUT2D eigenvalue weighted by Crippen LogP contribution is 2.56. The van der Waals surface area contributed by atoms with Crippen molar-refractivity contribution in [3.05, 3.63) is 11.6 Å². The van der Waals surface area contributed by atoms with Crippen LogP contribution in [0.5, 0.6) is 0 Å². The molecule has 1 unspecified atom stereocenters. The molecule has 0 aliphatic heterocycles. The molecule has 0 fully saturated rings. The van der Waals surface area contributed by atoms with Crippen molar-refractivity contribution >= 4 is 13.7 Å². The molecule has 0 radical (unpaired) electrons. The monoisotopic (exact) mass is 341 g/mol.